The van der Waals surface area contributed by atoms with E-state index in [0.717, 1.165) is 0 Å². The Morgan fingerprint density at radius 1 is 1.40 bits per heavy atom. The molecule has 7 nitrogen and oxygen atoms in total. The van der Waals surface area contributed by atoms with Crippen LogP contribution in [-0.4, -0.2) is 25.5 Å². The van der Waals surface area contributed by atoms with E-state index in [1.807, 2.05) is 0 Å². The molecule has 1 heterocycles. The maximum atomic E-state index is 11.6. The van der Waals surface area contributed by atoms with Crippen LogP contribution in [0.1, 0.15) is 5.56 Å². The van der Waals surface area contributed by atoms with Crippen LogP contribution in [0.2, 0.25) is 0 Å². The van der Waals surface area contributed by atoms with E-state index >= 15 is 0 Å². The number of hydrogen-bond donors (Lipinski definition) is 3. The lowest BCUT2D eigenvalue weighted by molar-refractivity contribution is 0.377. The third kappa shape index (κ3) is 5.34. The zero-order chi connectivity index (χ0) is 15.3. The molecule has 0 aliphatic carbocycles. The summed E-state index contributed by atoms with van der Waals surface area (Å²) >= 11 is 6.23. The van der Waals surface area contributed by atoms with Gasteiger partial charge in [0.1, 0.15) is 0 Å². The highest BCUT2D eigenvalue weighted by molar-refractivity contribution is 9.16. The highest BCUT2D eigenvalue weighted by atomic mass is 79.9. The third-order valence-corrected chi connectivity index (χ3v) is 4.59. The minimum Gasteiger partial charge on any atom is -0.324 e. The van der Waals surface area contributed by atoms with E-state index in [-0.39, 0.29) is 12.1 Å². The van der Waals surface area contributed by atoms with E-state index in [4.69, 9.17) is 9.79 Å². The van der Waals surface area contributed by atoms with Crippen molar-refractivity contribution in [1.82, 2.24) is 9.55 Å². The molecule has 0 amide bonds. The summed E-state index contributed by atoms with van der Waals surface area (Å²) in [5, 5.41) is 0. The molecular formula is C10H11Br2N2O5P. The van der Waals surface area contributed by atoms with Crippen molar-refractivity contribution in [1.29, 1.82) is 0 Å². The molecule has 0 aliphatic rings. The number of hydrogen-bond acceptors (Lipinski definition) is 3. The second-order valence-electron chi connectivity index (χ2n) is 3.73. The second-order valence-corrected chi connectivity index (χ2v) is 6.74. The first-order valence-electron chi connectivity index (χ1n) is 5.24. The van der Waals surface area contributed by atoms with Crippen LogP contribution < -0.4 is 11.2 Å². The number of aromatic amines is 1. The molecule has 0 aliphatic heterocycles. The Hall–Kier alpha value is -0.730. The van der Waals surface area contributed by atoms with Gasteiger partial charge < -0.3 is 9.79 Å². The smallest absolute Gasteiger partial charge is 0.324 e. The SMILES string of the molecule is O=c1[nH]c(=O)n(C/C=C/CP(=O)(O)O)cc1/C(Br)=C\Br. The van der Waals surface area contributed by atoms with Crippen molar-refractivity contribution < 1.29 is 14.4 Å². The number of nitrogens with one attached hydrogen (secondary N) is 1. The van der Waals surface area contributed by atoms with Crippen molar-refractivity contribution >= 4 is 43.9 Å². The van der Waals surface area contributed by atoms with Gasteiger partial charge in [0, 0.05) is 17.2 Å². The molecule has 0 unspecified atom stereocenters. The number of nitrogens with zero attached hydrogens (tertiary/aromatic N) is 1. The van der Waals surface area contributed by atoms with Crippen LogP contribution in [-0.2, 0) is 11.1 Å². The molecule has 0 fully saturated rings. The van der Waals surface area contributed by atoms with Crippen molar-refractivity contribution in [3.63, 3.8) is 0 Å². The first-order chi connectivity index (χ1) is 9.24. The monoisotopic (exact) mass is 428 g/mol. The van der Waals surface area contributed by atoms with Gasteiger partial charge >= 0.3 is 13.3 Å². The summed E-state index contributed by atoms with van der Waals surface area (Å²) in [6, 6.07) is 0. The van der Waals surface area contributed by atoms with Gasteiger partial charge in [-0.3, -0.25) is 18.9 Å². The van der Waals surface area contributed by atoms with Crippen LogP contribution in [0.15, 0.2) is 32.9 Å². The van der Waals surface area contributed by atoms with Gasteiger partial charge in [0.15, 0.2) is 0 Å². The molecule has 0 atom stereocenters. The lowest BCUT2D eigenvalue weighted by atomic mass is 10.3. The van der Waals surface area contributed by atoms with Crippen molar-refractivity contribution in [3.05, 3.63) is 49.7 Å². The molecule has 0 saturated carbocycles. The largest absolute Gasteiger partial charge is 0.329 e. The summed E-state index contributed by atoms with van der Waals surface area (Å²) < 4.78 is 12.3. The Labute approximate surface area is 130 Å². The minimum atomic E-state index is -4.09. The van der Waals surface area contributed by atoms with Crippen LogP contribution >= 0.6 is 39.5 Å². The molecule has 110 valence electrons. The summed E-state index contributed by atoms with van der Waals surface area (Å²) in [6.07, 6.45) is 3.68. The molecule has 1 rings (SSSR count). The van der Waals surface area contributed by atoms with Crippen molar-refractivity contribution in [3.8, 4) is 0 Å². The molecule has 0 radical (unpaired) electrons. The van der Waals surface area contributed by atoms with Crippen LogP contribution in [0.3, 0.4) is 0 Å². The van der Waals surface area contributed by atoms with E-state index in [0.29, 0.717) is 4.48 Å². The van der Waals surface area contributed by atoms with Gasteiger partial charge in [0.2, 0.25) is 0 Å². The lowest BCUT2D eigenvalue weighted by Crippen LogP contribution is -2.30. The van der Waals surface area contributed by atoms with Crippen LogP contribution in [0.25, 0.3) is 4.48 Å². The molecule has 20 heavy (non-hydrogen) atoms. The van der Waals surface area contributed by atoms with Crippen LogP contribution in [0.5, 0.6) is 0 Å². The van der Waals surface area contributed by atoms with Gasteiger partial charge in [-0.1, -0.05) is 28.1 Å². The third-order valence-electron chi connectivity index (χ3n) is 2.18. The second kappa shape index (κ2) is 7.33. The first-order valence-corrected chi connectivity index (χ1v) is 8.75. The normalized spacial score (nSPS) is 13.1. The van der Waals surface area contributed by atoms with E-state index in [9.17, 15) is 14.2 Å². The van der Waals surface area contributed by atoms with E-state index in [1.165, 1.54) is 27.9 Å². The van der Waals surface area contributed by atoms with Gasteiger partial charge in [-0.25, -0.2) is 4.79 Å². The van der Waals surface area contributed by atoms with Gasteiger partial charge in [0.25, 0.3) is 5.56 Å². The van der Waals surface area contributed by atoms with E-state index in [1.54, 1.807) is 0 Å². The quantitative estimate of drug-likeness (QED) is 0.483. The Morgan fingerprint density at radius 2 is 2.05 bits per heavy atom. The topological polar surface area (TPSA) is 112 Å². The summed E-state index contributed by atoms with van der Waals surface area (Å²) in [5.41, 5.74) is -0.882. The van der Waals surface area contributed by atoms with Crippen molar-refractivity contribution in [2.75, 3.05) is 6.16 Å². The molecule has 0 spiro atoms. The summed E-state index contributed by atoms with van der Waals surface area (Å²) in [7, 11) is -4.09. The molecule has 0 saturated heterocycles. The molecule has 3 N–H and O–H groups in total. The Morgan fingerprint density at radius 3 is 2.60 bits per heavy atom. The Balaban J connectivity index is 3.00. The highest BCUT2D eigenvalue weighted by Gasteiger charge is 2.09. The lowest BCUT2D eigenvalue weighted by Gasteiger charge is -2.04. The highest BCUT2D eigenvalue weighted by Crippen LogP contribution is 2.33. The molecule has 0 bridgehead atoms. The average Bonchev–Trinajstić information content (AvgIpc) is 2.34. The Bertz CT molecular complexity index is 700. The number of rotatable bonds is 5. The molecule has 1 aromatic heterocycles. The summed E-state index contributed by atoms with van der Waals surface area (Å²) in [4.78, 5) is 44.1. The number of allylic oxidation sites excluding steroid dienone is 2. The fourth-order valence-electron chi connectivity index (χ4n) is 1.27. The van der Waals surface area contributed by atoms with Gasteiger partial charge in [-0.2, -0.15) is 0 Å². The molecule has 0 aromatic carbocycles. The fraction of sp³-hybridized carbons (Fsp3) is 0.200. The van der Waals surface area contributed by atoms with Gasteiger partial charge in [-0.05, 0) is 20.9 Å². The van der Waals surface area contributed by atoms with Crippen LogP contribution in [0.4, 0.5) is 0 Å². The summed E-state index contributed by atoms with van der Waals surface area (Å²) in [5.74, 6) is 0. The molecular weight excluding hydrogens is 419 g/mol. The first kappa shape index (κ1) is 17.3. The fourth-order valence-corrected chi connectivity index (χ4v) is 2.23. The zero-order valence-electron chi connectivity index (χ0n) is 9.99. The zero-order valence-corrected chi connectivity index (χ0v) is 14.1. The average molecular weight is 430 g/mol. The summed E-state index contributed by atoms with van der Waals surface area (Å²) in [6.45, 7) is 0.0885. The number of halogens is 2. The number of H-pyrrole nitrogens is 1. The van der Waals surface area contributed by atoms with Crippen molar-refractivity contribution in [2.45, 2.75) is 6.54 Å². The van der Waals surface area contributed by atoms with Crippen LogP contribution in [0, 0.1) is 0 Å². The Kier molecular flexibility index (Phi) is 6.35. The maximum Gasteiger partial charge on any atom is 0.329 e. The van der Waals surface area contributed by atoms with E-state index < -0.39 is 25.0 Å². The van der Waals surface area contributed by atoms with Crippen molar-refractivity contribution in [2.24, 2.45) is 0 Å². The van der Waals surface area contributed by atoms with Gasteiger partial charge in [0.05, 0.1) is 11.7 Å². The predicted octanol–water partition coefficient (Wildman–Crippen LogP) is 1.36. The maximum absolute atomic E-state index is 11.6. The molecule has 10 heteroatoms. The molecule has 1 aromatic rings. The van der Waals surface area contributed by atoms with E-state index in [2.05, 4.69) is 36.8 Å². The number of aromatic nitrogens is 2. The minimum absolute atomic E-state index is 0.0885. The standard InChI is InChI=1S/C10H11Br2N2O5P/c11-5-8(12)7-6-14(10(16)13-9(7)15)3-1-2-4-20(17,18)19/h1-2,5-6H,3-4H2,(H,13,15,16)(H2,17,18,19)/b2-1+,8-5+. The predicted molar refractivity (Wildman–Crippen MR) is 83.2 cm³/mol. The van der Waals surface area contributed by atoms with Gasteiger partial charge in [-0.15, -0.1) is 0 Å².